The van der Waals surface area contributed by atoms with Crippen molar-refractivity contribution in [3.63, 3.8) is 0 Å². The molecule has 0 spiro atoms. The number of ether oxygens (including phenoxy) is 1. The standard InChI is InChI=1S/C15H20ClN3O4/c1-9(17-10(2)20)6-14(21)18-11-4-5-13(12(16)7-11)19-15(22)8-23-3/h4-5,7,9H,6,8H2,1-3H3,(H,17,20)(H,18,21)(H,19,22). The lowest BCUT2D eigenvalue weighted by Gasteiger charge is -2.13. The van der Waals surface area contributed by atoms with Gasteiger partial charge < -0.3 is 20.7 Å². The van der Waals surface area contributed by atoms with Crippen LogP contribution in [-0.4, -0.2) is 37.5 Å². The van der Waals surface area contributed by atoms with Crippen LogP contribution in [0.25, 0.3) is 0 Å². The molecule has 126 valence electrons. The van der Waals surface area contributed by atoms with Crippen molar-refractivity contribution in [2.45, 2.75) is 26.3 Å². The maximum absolute atomic E-state index is 11.9. The molecule has 7 nitrogen and oxygen atoms in total. The third-order valence-corrected chi connectivity index (χ3v) is 3.06. The van der Waals surface area contributed by atoms with Gasteiger partial charge in [-0.25, -0.2) is 0 Å². The number of carbonyl (C=O) groups is 3. The lowest BCUT2D eigenvalue weighted by molar-refractivity contribution is -0.121. The van der Waals surface area contributed by atoms with E-state index in [2.05, 4.69) is 16.0 Å². The molecule has 1 aromatic carbocycles. The fourth-order valence-electron chi connectivity index (χ4n) is 1.90. The molecule has 3 amide bonds. The van der Waals surface area contributed by atoms with Gasteiger partial charge in [0.1, 0.15) is 6.61 Å². The molecule has 0 radical (unpaired) electrons. The summed E-state index contributed by atoms with van der Waals surface area (Å²) < 4.78 is 4.71. The van der Waals surface area contributed by atoms with E-state index in [9.17, 15) is 14.4 Å². The van der Waals surface area contributed by atoms with Gasteiger partial charge in [0.2, 0.25) is 17.7 Å². The van der Waals surface area contributed by atoms with Crippen LogP contribution in [0.5, 0.6) is 0 Å². The first-order valence-electron chi connectivity index (χ1n) is 6.97. The minimum Gasteiger partial charge on any atom is -0.375 e. The van der Waals surface area contributed by atoms with Crippen molar-refractivity contribution < 1.29 is 19.1 Å². The maximum atomic E-state index is 11.9. The lowest BCUT2D eigenvalue weighted by atomic mass is 10.2. The van der Waals surface area contributed by atoms with Gasteiger partial charge in [-0.3, -0.25) is 14.4 Å². The Morgan fingerprint density at radius 2 is 1.91 bits per heavy atom. The molecule has 0 fully saturated rings. The molecule has 1 unspecified atom stereocenters. The molecular formula is C15H20ClN3O4. The molecule has 1 aromatic rings. The number of rotatable bonds is 7. The number of carbonyl (C=O) groups excluding carboxylic acids is 3. The fourth-order valence-corrected chi connectivity index (χ4v) is 2.13. The Balaban J connectivity index is 2.61. The van der Waals surface area contributed by atoms with Crippen molar-refractivity contribution in [2.75, 3.05) is 24.4 Å². The van der Waals surface area contributed by atoms with Crippen LogP contribution in [0.2, 0.25) is 5.02 Å². The fraction of sp³-hybridized carbons (Fsp3) is 0.400. The molecule has 0 aliphatic rings. The molecule has 0 saturated heterocycles. The second-order valence-corrected chi connectivity index (χ2v) is 5.44. The first kappa shape index (κ1) is 18.9. The number of hydrogen-bond acceptors (Lipinski definition) is 4. The molecule has 23 heavy (non-hydrogen) atoms. The Labute approximate surface area is 139 Å². The van der Waals surface area contributed by atoms with Crippen molar-refractivity contribution in [3.05, 3.63) is 23.2 Å². The zero-order valence-electron chi connectivity index (χ0n) is 13.2. The van der Waals surface area contributed by atoms with Crippen molar-refractivity contribution in [2.24, 2.45) is 0 Å². The van der Waals surface area contributed by atoms with Gasteiger partial charge in [0.05, 0.1) is 10.7 Å². The molecule has 0 aromatic heterocycles. The largest absolute Gasteiger partial charge is 0.375 e. The van der Waals surface area contributed by atoms with Crippen LogP contribution < -0.4 is 16.0 Å². The summed E-state index contributed by atoms with van der Waals surface area (Å²) in [4.78, 5) is 34.2. The van der Waals surface area contributed by atoms with E-state index in [1.807, 2.05) is 0 Å². The number of amides is 3. The predicted octanol–water partition coefficient (Wildman–Crippen LogP) is 1.78. The highest BCUT2D eigenvalue weighted by Crippen LogP contribution is 2.25. The van der Waals surface area contributed by atoms with E-state index in [4.69, 9.17) is 16.3 Å². The Hall–Kier alpha value is -2.12. The summed E-state index contributed by atoms with van der Waals surface area (Å²) in [5.41, 5.74) is 0.929. The molecule has 8 heteroatoms. The molecule has 0 aliphatic carbocycles. The summed E-state index contributed by atoms with van der Waals surface area (Å²) in [6.07, 6.45) is 0.142. The average Bonchev–Trinajstić information content (AvgIpc) is 2.40. The summed E-state index contributed by atoms with van der Waals surface area (Å²) in [5, 5.41) is 8.19. The van der Waals surface area contributed by atoms with E-state index in [-0.39, 0.29) is 36.8 Å². The van der Waals surface area contributed by atoms with Crippen molar-refractivity contribution in [1.29, 1.82) is 0 Å². The first-order valence-corrected chi connectivity index (χ1v) is 7.35. The van der Waals surface area contributed by atoms with Crippen LogP contribution in [-0.2, 0) is 19.1 Å². The summed E-state index contributed by atoms with van der Waals surface area (Å²) in [5.74, 6) is -0.765. The summed E-state index contributed by atoms with van der Waals surface area (Å²) in [7, 11) is 1.42. The molecule has 1 atom stereocenters. The van der Waals surface area contributed by atoms with E-state index in [1.165, 1.54) is 20.1 Å². The molecule has 0 saturated carbocycles. The Kier molecular flexibility index (Phi) is 7.50. The summed E-state index contributed by atoms with van der Waals surface area (Å²) >= 11 is 6.07. The number of nitrogens with one attached hydrogen (secondary N) is 3. The van der Waals surface area contributed by atoms with E-state index in [0.717, 1.165) is 0 Å². The van der Waals surface area contributed by atoms with Crippen LogP contribution in [0.4, 0.5) is 11.4 Å². The second-order valence-electron chi connectivity index (χ2n) is 5.03. The normalized spacial score (nSPS) is 11.5. The minimum atomic E-state index is -0.324. The van der Waals surface area contributed by atoms with Gasteiger partial charge in [-0.1, -0.05) is 11.6 Å². The topological polar surface area (TPSA) is 96.5 Å². The zero-order valence-corrected chi connectivity index (χ0v) is 14.0. The molecular weight excluding hydrogens is 322 g/mol. The van der Waals surface area contributed by atoms with Gasteiger partial charge in [0.15, 0.2) is 0 Å². The van der Waals surface area contributed by atoms with E-state index in [1.54, 1.807) is 19.1 Å². The van der Waals surface area contributed by atoms with Crippen molar-refractivity contribution >= 4 is 40.7 Å². The molecule has 1 rings (SSSR count). The highest BCUT2D eigenvalue weighted by Gasteiger charge is 2.11. The highest BCUT2D eigenvalue weighted by molar-refractivity contribution is 6.34. The number of benzene rings is 1. The van der Waals surface area contributed by atoms with Gasteiger partial charge >= 0.3 is 0 Å². The van der Waals surface area contributed by atoms with Crippen LogP contribution in [0.1, 0.15) is 20.3 Å². The predicted molar refractivity (Wildman–Crippen MR) is 88.5 cm³/mol. The van der Waals surface area contributed by atoms with Gasteiger partial charge in [-0.2, -0.15) is 0 Å². The van der Waals surface area contributed by atoms with E-state index < -0.39 is 0 Å². The zero-order chi connectivity index (χ0) is 17.4. The highest BCUT2D eigenvalue weighted by atomic mass is 35.5. The molecule has 3 N–H and O–H groups in total. The third-order valence-electron chi connectivity index (χ3n) is 2.74. The van der Waals surface area contributed by atoms with Crippen LogP contribution in [0, 0.1) is 0 Å². The Morgan fingerprint density at radius 3 is 2.48 bits per heavy atom. The number of hydrogen-bond donors (Lipinski definition) is 3. The minimum absolute atomic E-state index is 0.0736. The Bertz CT molecular complexity index is 592. The van der Waals surface area contributed by atoms with Gasteiger partial charge in [-0.05, 0) is 25.1 Å². The monoisotopic (exact) mass is 341 g/mol. The van der Waals surface area contributed by atoms with Gasteiger partial charge in [0, 0.05) is 32.2 Å². The van der Waals surface area contributed by atoms with Gasteiger partial charge in [0.25, 0.3) is 0 Å². The second kappa shape index (κ2) is 9.12. The van der Waals surface area contributed by atoms with Crippen molar-refractivity contribution in [1.82, 2.24) is 5.32 Å². The van der Waals surface area contributed by atoms with Crippen LogP contribution in [0.15, 0.2) is 18.2 Å². The molecule has 0 aliphatic heterocycles. The quantitative estimate of drug-likeness (QED) is 0.704. The van der Waals surface area contributed by atoms with Crippen LogP contribution in [0.3, 0.4) is 0 Å². The number of anilines is 2. The average molecular weight is 342 g/mol. The Morgan fingerprint density at radius 1 is 1.22 bits per heavy atom. The van der Waals surface area contributed by atoms with Crippen LogP contribution >= 0.6 is 11.6 Å². The lowest BCUT2D eigenvalue weighted by Crippen LogP contribution is -2.33. The third kappa shape index (κ3) is 7.12. The van der Waals surface area contributed by atoms with Gasteiger partial charge in [-0.15, -0.1) is 0 Å². The summed E-state index contributed by atoms with van der Waals surface area (Å²) in [6, 6.07) is 4.47. The summed E-state index contributed by atoms with van der Waals surface area (Å²) in [6.45, 7) is 3.06. The number of halogens is 1. The van der Waals surface area contributed by atoms with E-state index in [0.29, 0.717) is 16.4 Å². The smallest absolute Gasteiger partial charge is 0.250 e. The van der Waals surface area contributed by atoms with E-state index >= 15 is 0 Å². The molecule has 0 heterocycles. The maximum Gasteiger partial charge on any atom is 0.250 e. The van der Waals surface area contributed by atoms with Crippen molar-refractivity contribution in [3.8, 4) is 0 Å². The SMILES string of the molecule is COCC(=O)Nc1ccc(NC(=O)CC(C)NC(C)=O)cc1Cl. The molecule has 0 bridgehead atoms. The number of methoxy groups -OCH3 is 1. The first-order chi connectivity index (χ1) is 10.8.